The van der Waals surface area contributed by atoms with Crippen molar-refractivity contribution in [2.24, 2.45) is 0 Å². The molecule has 1 heterocycles. The molecule has 0 spiro atoms. The van der Waals surface area contributed by atoms with Gasteiger partial charge in [-0.3, -0.25) is 19.7 Å². The number of thiophene rings is 1. The van der Waals surface area contributed by atoms with E-state index in [1.807, 2.05) is 30.3 Å². The van der Waals surface area contributed by atoms with Gasteiger partial charge in [0.1, 0.15) is 6.10 Å². The first-order valence-corrected chi connectivity index (χ1v) is 9.82. The topological polar surface area (TPSA) is 122 Å². The van der Waals surface area contributed by atoms with Gasteiger partial charge in [0.15, 0.2) is 0 Å². The number of aliphatic hydroxyl groups excluding tert-OH is 1. The number of hydrogen-bond acceptors (Lipinski definition) is 6. The van der Waals surface area contributed by atoms with E-state index in [0.717, 1.165) is 15.3 Å². The van der Waals surface area contributed by atoms with E-state index in [1.54, 1.807) is 19.1 Å². The van der Waals surface area contributed by atoms with Crippen LogP contribution in [0.1, 0.15) is 27.0 Å². The fourth-order valence-corrected chi connectivity index (χ4v) is 3.69. The highest BCUT2D eigenvalue weighted by atomic mass is 32.1. The second-order valence-corrected chi connectivity index (χ2v) is 7.71. The molecule has 0 radical (unpaired) electrons. The summed E-state index contributed by atoms with van der Waals surface area (Å²) in [5, 5.41) is 26.2. The molecule has 154 valence electrons. The molecular formula is C21H19N3O5S. The van der Waals surface area contributed by atoms with Crippen molar-refractivity contribution < 1.29 is 19.6 Å². The van der Waals surface area contributed by atoms with Gasteiger partial charge in [0.05, 0.1) is 17.2 Å². The van der Waals surface area contributed by atoms with Crippen molar-refractivity contribution in [2.45, 2.75) is 19.6 Å². The maximum atomic E-state index is 12.1. The number of carbonyl (C=O) groups is 2. The fraction of sp³-hybridized carbons (Fsp3) is 0.143. The molecule has 0 aliphatic rings. The Morgan fingerprint density at radius 3 is 2.53 bits per heavy atom. The second kappa shape index (κ2) is 9.29. The number of non-ortho nitro benzene ring substituents is 1. The number of rotatable bonds is 6. The van der Waals surface area contributed by atoms with Gasteiger partial charge in [-0.15, -0.1) is 11.3 Å². The van der Waals surface area contributed by atoms with Crippen molar-refractivity contribution in [3.8, 4) is 0 Å². The number of hydrogen-bond donors (Lipinski definition) is 3. The number of nitrogens with zero attached hydrogens (tertiary/aromatic N) is 1. The van der Waals surface area contributed by atoms with Crippen molar-refractivity contribution in [3.63, 3.8) is 0 Å². The summed E-state index contributed by atoms with van der Waals surface area (Å²) in [5.41, 5.74) is 1.38. The Hall–Kier alpha value is -3.56. The van der Waals surface area contributed by atoms with Gasteiger partial charge in [-0.2, -0.15) is 0 Å². The molecule has 0 fully saturated rings. The van der Waals surface area contributed by atoms with Crippen molar-refractivity contribution >= 4 is 34.5 Å². The van der Waals surface area contributed by atoms with Crippen LogP contribution in [0.15, 0.2) is 60.7 Å². The highest BCUT2D eigenvalue weighted by molar-refractivity contribution is 7.12. The van der Waals surface area contributed by atoms with Crippen LogP contribution in [-0.2, 0) is 16.1 Å². The van der Waals surface area contributed by atoms with Crippen LogP contribution in [-0.4, -0.2) is 21.8 Å². The molecule has 3 aromatic rings. The molecular weight excluding hydrogens is 406 g/mol. The van der Waals surface area contributed by atoms with E-state index in [4.69, 9.17) is 0 Å². The third kappa shape index (κ3) is 5.07. The van der Waals surface area contributed by atoms with Crippen LogP contribution >= 0.6 is 11.3 Å². The third-order valence-electron chi connectivity index (χ3n) is 4.38. The summed E-state index contributed by atoms with van der Waals surface area (Å²) in [7, 11) is 0. The van der Waals surface area contributed by atoms with Crippen LogP contribution in [0, 0.1) is 17.0 Å². The highest BCUT2D eigenvalue weighted by Crippen LogP contribution is 2.28. The molecule has 0 saturated heterocycles. The molecule has 0 aliphatic heterocycles. The van der Waals surface area contributed by atoms with Crippen LogP contribution in [0.25, 0.3) is 0 Å². The number of nitrogens with one attached hydrogen (secondary N) is 2. The average molecular weight is 425 g/mol. The van der Waals surface area contributed by atoms with Crippen molar-refractivity contribution in [3.05, 3.63) is 91.7 Å². The minimum Gasteiger partial charge on any atom is -0.383 e. The largest absolute Gasteiger partial charge is 0.383 e. The molecule has 8 nitrogen and oxygen atoms in total. The zero-order valence-electron chi connectivity index (χ0n) is 16.0. The highest BCUT2D eigenvalue weighted by Gasteiger charge is 2.18. The number of anilines is 1. The monoisotopic (exact) mass is 425 g/mol. The predicted molar refractivity (Wildman–Crippen MR) is 113 cm³/mol. The summed E-state index contributed by atoms with van der Waals surface area (Å²) < 4.78 is 0. The number of benzene rings is 2. The average Bonchev–Trinajstić information content (AvgIpc) is 3.22. The molecule has 3 N–H and O–H groups in total. The van der Waals surface area contributed by atoms with Crippen molar-refractivity contribution in [2.75, 3.05) is 5.32 Å². The first-order valence-electron chi connectivity index (χ1n) is 9.01. The van der Waals surface area contributed by atoms with Gasteiger partial charge in [-0.05, 0) is 30.2 Å². The molecule has 30 heavy (non-hydrogen) atoms. The first kappa shape index (κ1) is 21.2. The zero-order valence-corrected chi connectivity index (χ0v) is 16.8. The zero-order chi connectivity index (χ0) is 21.7. The van der Waals surface area contributed by atoms with Gasteiger partial charge in [-0.25, -0.2) is 0 Å². The maximum absolute atomic E-state index is 12.1. The van der Waals surface area contributed by atoms with Crippen molar-refractivity contribution in [1.82, 2.24) is 5.32 Å². The van der Waals surface area contributed by atoms with Gasteiger partial charge >= 0.3 is 11.8 Å². The summed E-state index contributed by atoms with van der Waals surface area (Å²) in [4.78, 5) is 36.0. The standard InChI is InChI=1S/C21H19N3O5S/c1-13-7-8-15(24(28)29)11-17(13)23-21(27)20(26)22-12-16-9-10-18(30-16)19(25)14-5-3-2-4-6-14/h2-11,19,25H,12H2,1H3,(H,22,26)(H,23,27). The Kier molecular flexibility index (Phi) is 6.55. The first-order chi connectivity index (χ1) is 14.3. The van der Waals surface area contributed by atoms with E-state index in [1.165, 1.54) is 29.5 Å². The number of aliphatic hydroxyl groups is 1. The van der Waals surface area contributed by atoms with Crippen LogP contribution in [0.2, 0.25) is 0 Å². The third-order valence-corrected chi connectivity index (χ3v) is 5.51. The van der Waals surface area contributed by atoms with Gasteiger partial charge in [0.2, 0.25) is 0 Å². The molecule has 0 aliphatic carbocycles. The lowest BCUT2D eigenvalue weighted by Gasteiger charge is -2.09. The molecule has 1 unspecified atom stereocenters. The molecule has 1 aromatic heterocycles. The second-order valence-electron chi connectivity index (χ2n) is 6.51. The van der Waals surface area contributed by atoms with Gasteiger partial charge in [0, 0.05) is 21.9 Å². The predicted octanol–water partition coefficient (Wildman–Crippen LogP) is 3.30. The molecule has 0 saturated carbocycles. The molecule has 1 atom stereocenters. The van der Waals surface area contributed by atoms with E-state index in [-0.39, 0.29) is 17.9 Å². The lowest BCUT2D eigenvalue weighted by molar-refractivity contribution is -0.384. The Labute approximate surface area is 176 Å². The normalized spacial score (nSPS) is 11.5. The van der Waals surface area contributed by atoms with Crippen molar-refractivity contribution in [1.29, 1.82) is 0 Å². The van der Waals surface area contributed by atoms with Crippen LogP contribution < -0.4 is 10.6 Å². The summed E-state index contributed by atoms with van der Waals surface area (Å²) >= 11 is 1.33. The van der Waals surface area contributed by atoms with Gasteiger partial charge in [-0.1, -0.05) is 36.4 Å². The maximum Gasteiger partial charge on any atom is 0.313 e. The fourth-order valence-electron chi connectivity index (χ4n) is 2.72. The smallest absolute Gasteiger partial charge is 0.313 e. The van der Waals surface area contributed by atoms with Gasteiger partial charge in [0.25, 0.3) is 5.69 Å². The Morgan fingerprint density at radius 2 is 1.83 bits per heavy atom. The summed E-state index contributed by atoms with van der Waals surface area (Å²) in [6.45, 7) is 1.79. The van der Waals surface area contributed by atoms with E-state index >= 15 is 0 Å². The number of nitro groups is 1. The SMILES string of the molecule is Cc1ccc([N+](=O)[O-])cc1NC(=O)C(=O)NCc1ccc(C(O)c2ccccc2)s1. The molecule has 3 rings (SSSR count). The lowest BCUT2D eigenvalue weighted by Crippen LogP contribution is -2.34. The Bertz CT molecular complexity index is 1080. The number of aryl methyl sites for hydroxylation is 1. The van der Waals surface area contributed by atoms with Crippen LogP contribution in [0.5, 0.6) is 0 Å². The quantitative estimate of drug-likeness (QED) is 0.318. The molecule has 2 aromatic carbocycles. The molecule has 9 heteroatoms. The van der Waals surface area contributed by atoms with E-state index in [2.05, 4.69) is 10.6 Å². The summed E-state index contributed by atoms with van der Waals surface area (Å²) in [6.07, 6.45) is -0.763. The molecule has 2 amide bonds. The van der Waals surface area contributed by atoms with Crippen LogP contribution in [0.4, 0.5) is 11.4 Å². The summed E-state index contributed by atoms with van der Waals surface area (Å²) in [6, 6.07) is 16.8. The van der Waals surface area contributed by atoms with Crippen LogP contribution in [0.3, 0.4) is 0 Å². The summed E-state index contributed by atoms with van der Waals surface area (Å²) in [5.74, 6) is -1.78. The number of nitro benzene ring substituents is 1. The minimum atomic E-state index is -0.917. The van der Waals surface area contributed by atoms with E-state index in [0.29, 0.717) is 5.56 Å². The minimum absolute atomic E-state index is 0.117. The van der Waals surface area contributed by atoms with Gasteiger partial charge < -0.3 is 15.7 Å². The molecule has 0 bridgehead atoms. The Balaban J connectivity index is 1.58. The van der Waals surface area contributed by atoms with E-state index in [9.17, 15) is 24.8 Å². The Morgan fingerprint density at radius 1 is 1.10 bits per heavy atom. The number of carbonyl (C=O) groups excluding carboxylic acids is 2. The lowest BCUT2D eigenvalue weighted by atomic mass is 10.1. The van der Waals surface area contributed by atoms with E-state index < -0.39 is 22.8 Å². The number of amides is 2.